The molecule has 1 saturated heterocycles. The molecule has 0 radical (unpaired) electrons. The van der Waals surface area contributed by atoms with E-state index in [1.54, 1.807) is 6.08 Å². The van der Waals surface area contributed by atoms with E-state index in [2.05, 4.69) is 38.9 Å². The average Bonchev–Trinajstić information content (AvgIpc) is 3.65. The number of phosphoric ester groups is 3. The number of nitrogens with one attached hydrogen (secondary N) is 2. The maximum atomic E-state index is 13.4. The number of hydrogen-bond acceptors (Lipinski definition) is 19. The molecule has 0 aromatic carbocycles. The molecule has 0 bridgehead atoms. The van der Waals surface area contributed by atoms with Crippen molar-refractivity contribution in [2.75, 3.05) is 38.3 Å². The van der Waals surface area contributed by atoms with E-state index in [9.17, 15) is 53.0 Å². The van der Waals surface area contributed by atoms with Crippen LogP contribution >= 0.6 is 35.2 Å². The van der Waals surface area contributed by atoms with Gasteiger partial charge in [-0.25, -0.2) is 28.6 Å². The summed E-state index contributed by atoms with van der Waals surface area (Å²) in [5, 5.41) is 26.4. The molecule has 24 nitrogen and oxygen atoms in total. The third kappa shape index (κ3) is 14.0. The van der Waals surface area contributed by atoms with Crippen LogP contribution in [0.25, 0.3) is 11.2 Å². The van der Waals surface area contributed by atoms with Gasteiger partial charge in [-0.05, 0) is 12.5 Å². The number of amides is 2. The van der Waals surface area contributed by atoms with Crippen LogP contribution in [0.4, 0.5) is 5.82 Å². The summed E-state index contributed by atoms with van der Waals surface area (Å²) in [4.78, 5) is 77.5. The van der Waals surface area contributed by atoms with Crippen molar-refractivity contribution in [3.63, 3.8) is 0 Å². The van der Waals surface area contributed by atoms with Crippen LogP contribution in [-0.4, -0.2) is 119 Å². The number of fused-ring (bicyclic) bond motifs is 1. The van der Waals surface area contributed by atoms with E-state index in [1.807, 2.05) is 6.92 Å². The lowest BCUT2D eigenvalue weighted by Gasteiger charge is -2.30. The van der Waals surface area contributed by atoms with E-state index in [-0.39, 0.29) is 41.6 Å². The fourth-order valence-corrected chi connectivity index (χ4v) is 8.30. The number of aliphatic hydroxyl groups is 2. The van der Waals surface area contributed by atoms with Crippen LogP contribution in [0.5, 0.6) is 0 Å². The molecule has 1 aliphatic rings. The van der Waals surface area contributed by atoms with Gasteiger partial charge in [0.2, 0.25) is 23.2 Å². The topological polar surface area (TPSA) is 353 Å². The van der Waals surface area contributed by atoms with Gasteiger partial charge in [0, 0.05) is 37.8 Å². The highest BCUT2D eigenvalue weighted by Gasteiger charge is 2.53. The van der Waals surface area contributed by atoms with Gasteiger partial charge < -0.3 is 46.0 Å². The number of anilines is 1. The van der Waals surface area contributed by atoms with Crippen LogP contribution in [-0.2, 0) is 55.2 Å². The zero-order valence-corrected chi connectivity index (χ0v) is 33.4. The van der Waals surface area contributed by atoms with E-state index in [4.69, 9.17) is 19.5 Å². The molecule has 310 valence electrons. The van der Waals surface area contributed by atoms with Crippen LogP contribution < -0.4 is 16.4 Å². The Hall–Kier alpha value is -2.70. The predicted octanol–water partition coefficient (Wildman–Crippen LogP) is 0.633. The summed E-state index contributed by atoms with van der Waals surface area (Å²) in [5.74, 6) is -1.13. The van der Waals surface area contributed by atoms with Crippen LogP contribution in [0.15, 0.2) is 24.8 Å². The molecule has 9 N–H and O–H groups in total. The Kier molecular flexibility index (Phi) is 17.1. The molecule has 0 saturated carbocycles. The van der Waals surface area contributed by atoms with Gasteiger partial charge in [-0.2, -0.15) is 4.31 Å². The maximum Gasteiger partial charge on any atom is 0.485 e. The number of carbonyl (C=O) groups excluding carboxylic acids is 3. The number of phosphoric acid groups is 3. The molecule has 2 aromatic heterocycles. The van der Waals surface area contributed by atoms with Crippen LogP contribution in [0.2, 0.25) is 0 Å². The van der Waals surface area contributed by atoms with Crippen molar-refractivity contribution >= 4 is 69.1 Å². The minimum Gasteiger partial charge on any atom is -0.385 e. The largest absolute Gasteiger partial charge is 0.485 e. The first-order valence-electron chi connectivity index (χ1n) is 16.2. The lowest BCUT2D eigenvalue weighted by atomic mass is 9.87. The van der Waals surface area contributed by atoms with Crippen molar-refractivity contribution in [3.05, 3.63) is 24.8 Å². The van der Waals surface area contributed by atoms with Gasteiger partial charge in [0.25, 0.3) is 0 Å². The number of hydrogen-bond donors (Lipinski definition) is 8. The summed E-state index contributed by atoms with van der Waals surface area (Å²) >= 11 is 1.04. The smallest absolute Gasteiger partial charge is 0.385 e. The molecule has 1 fully saturated rings. The van der Waals surface area contributed by atoms with Gasteiger partial charge in [0.15, 0.2) is 23.8 Å². The fraction of sp³-hybridized carbons (Fsp3) is 0.630. The molecule has 2 amide bonds. The first-order chi connectivity index (χ1) is 25.6. The van der Waals surface area contributed by atoms with Gasteiger partial charge >= 0.3 is 23.5 Å². The normalized spacial score (nSPS) is 22.0. The number of ether oxygens (including phenoxy) is 1. The first kappa shape index (κ1) is 46.7. The van der Waals surface area contributed by atoms with E-state index in [1.165, 1.54) is 19.9 Å². The zero-order chi connectivity index (χ0) is 41.2. The highest BCUT2D eigenvalue weighted by atomic mass is 32.2. The maximum absolute atomic E-state index is 13.4. The summed E-state index contributed by atoms with van der Waals surface area (Å²) in [6.07, 6.45) is -2.98. The first-order valence-corrected chi connectivity index (χ1v) is 21.7. The molecule has 2 aromatic rings. The third-order valence-corrected chi connectivity index (χ3v) is 11.7. The lowest BCUT2D eigenvalue weighted by Crippen LogP contribution is -2.46. The Morgan fingerprint density at radius 1 is 1.13 bits per heavy atom. The number of allylic oxidation sites excluding steroid dienone is 1. The van der Waals surface area contributed by atoms with Crippen molar-refractivity contribution in [1.29, 1.82) is 0 Å². The lowest BCUT2D eigenvalue weighted by molar-refractivity contribution is -0.137. The number of unbranched alkanes of at least 4 members (excludes halogenated alkanes) is 1. The Morgan fingerprint density at radius 2 is 1.84 bits per heavy atom. The summed E-state index contributed by atoms with van der Waals surface area (Å²) in [7, 11) is -15.5. The molecule has 7 atom stereocenters. The van der Waals surface area contributed by atoms with E-state index >= 15 is 0 Å². The number of aromatic nitrogens is 4. The summed E-state index contributed by atoms with van der Waals surface area (Å²) in [5.41, 5.74) is 4.21. The van der Waals surface area contributed by atoms with Crippen molar-refractivity contribution in [2.45, 2.75) is 70.9 Å². The minimum absolute atomic E-state index is 0.0123. The molecular formula is C27H44N7O17P3S. The number of thioether (sulfide) groups is 1. The second-order valence-electron chi connectivity index (χ2n) is 12.2. The number of rotatable bonds is 22. The summed E-state index contributed by atoms with van der Waals surface area (Å²) < 4.78 is 68.6. The number of imidazole rings is 1. The molecule has 3 rings (SSSR count). The molecule has 0 spiro atoms. The Morgan fingerprint density at radius 3 is 2.49 bits per heavy atom. The van der Waals surface area contributed by atoms with Gasteiger partial charge in [0.1, 0.15) is 24.1 Å². The minimum atomic E-state index is -5.49. The Balaban J connectivity index is 1.56. The summed E-state index contributed by atoms with van der Waals surface area (Å²) in [6, 6.07) is 0. The highest BCUT2D eigenvalue weighted by Crippen LogP contribution is 2.65. The number of nitrogens with two attached hydrogens (primary N) is 1. The second-order valence-corrected chi connectivity index (χ2v) is 17.8. The number of aliphatic hydroxyl groups excluding tert-OH is 2. The molecule has 28 heteroatoms. The molecule has 3 unspecified atom stereocenters. The number of nitrogen functional groups attached to an aromatic ring is 1. The Bertz CT molecular complexity index is 1830. The molecule has 55 heavy (non-hydrogen) atoms. The van der Waals surface area contributed by atoms with Crippen molar-refractivity contribution in [3.8, 4) is 0 Å². The monoisotopic (exact) mass is 863 g/mol. The van der Waals surface area contributed by atoms with Gasteiger partial charge in [0.05, 0.1) is 12.9 Å². The third-order valence-electron chi connectivity index (χ3n) is 7.37. The fourth-order valence-electron chi connectivity index (χ4n) is 4.54. The van der Waals surface area contributed by atoms with Gasteiger partial charge in [-0.15, -0.1) is 0 Å². The van der Waals surface area contributed by atoms with Crippen molar-refractivity contribution in [1.82, 2.24) is 30.2 Å². The van der Waals surface area contributed by atoms with Crippen molar-refractivity contribution in [2.24, 2.45) is 5.41 Å². The standard InChI is InChI=1S/C27H44N7O17P3S/c1-5-6-7-8-17(36)55-12-11-29-16(35)9-10-30-24(39)21(38)27(2,3)13-47-53(43,44)51-54(45,46-4)50-26-20(49-52(40,41)42)19(37)25(48-26)34-15-33-18-22(28)31-14-32-23(18)34/h7-8,14-15,19-21,25-26,37-38H,5-6,9-13H2,1-4H3,(H,29,35)(H,30,39)(H,43,44)(H2,28,31,32)(H2,40,41,42)/b8-7+/t19-,20+,21?,25-,26-,54?/m1/s1. The van der Waals surface area contributed by atoms with Crippen LogP contribution in [0.3, 0.4) is 0 Å². The van der Waals surface area contributed by atoms with Gasteiger partial charge in [-0.1, -0.05) is 45.0 Å². The molecule has 1 aliphatic heterocycles. The van der Waals surface area contributed by atoms with E-state index < -0.39 is 78.1 Å². The zero-order valence-electron chi connectivity index (χ0n) is 29.9. The summed E-state index contributed by atoms with van der Waals surface area (Å²) in [6.45, 7) is 3.65. The molecule has 3 heterocycles. The SMILES string of the molecule is CCC/C=C/C(=O)SCCNC(=O)CCNC(=O)C(O)C(C)(C)COP(=O)(O)OP(=O)(OC)O[C@H]1O[C@@H](n2cnc3c(N)ncnc32)[C@H](O)[C@@H]1OP(=O)(O)O. The van der Waals surface area contributed by atoms with E-state index in [0.29, 0.717) is 12.9 Å². The van der Waals surface area contributed by atoms with E-state index in [0.717, 1.165) is 41.8 Å². The number of carbonyl (C=O) groups is 3. The van der Waals surface area contributed by atoms with Crippen LogP contribution in [0.1, 0.15) is 46.3 Å². The predicted molar refractivity (Wildman–Crippen MR) is 191 cm³/mol. The Labute approximate surface area is 318 Å². The van der Waals surface area contributed by atoms with Crippen molar-refractivity contribution < 1.29 is 80.1 Å². The highest BCUT2D eigenvalue weighted by molar-refractivity contribution is 8.14. The van der Waals surface area contributed by atoms with Crippen LogP contribution in [0, 0.1) is 5.41 Å². The second kappa shape index (κ2) is 20.1. The molecule has 0 aliphatic carbocycles. The quantitative estimate of drug-likeness (QED) is 0.0457. The number of nitrogens with zero attached hydrogens (tertiary/aromatic N) is 4. The van der Waals surface area contributed by atoms with Gasteiger partial charge in [-0.3, -0.25) is 37.0 Å². The average molecular weight is 864 g/mol. The molecular weight excluding hydrogens is 819 g/mol.